The lowest BCUT2D eigenvalue weighted by atomic mass is 10.1. The summed E-state index contributed by atoms with van der Waals surface area (Å²) in [7, 11) is 1.89. The molecule has 0 amide bonds. The van der Waals surface area contributed by atoms with Crippen molar-refractivity contribution in [3.8, 4) is 0 Å². The summed E-state index contributed by atoms with van der Waals surface area (Å²) in [5.74, 6) is 1.46. The Morgan fingerprint density at radius 3 is 2.53 bits per heavy atom. The predicted molar refractivity (Wildman–Crippen MR) is 68.9 cm³/mol. The third-order valence-electron chi connectivity index (χ3n) is 3.03. The Kier molecular flexibility index (Phi) is 6.86. The molecule has 1 heterocycles. The molecule has 0 saturated heterocycles. The predicted octanol–water partition coefficient (Wildman–Crippen LogP) is 3.25. The second-order valence-corrected chi connectivity index (χ2v) is 4.56. The zero-order valence-electron chi connectivity index (χ0n) is 11.3. The van der Waals surface area contributed by atoms with Crippen molar-refractivity contribution in [3.05, 3.63) is 11.8 Å². The number of nitrogens with zero attached hydrogens (tertiary/aromatic N) is 2. The molecular weight excluding hydrogens is 214 g/mol. The van der Waals surface area contributed by atoms with Crippen LogP contribution in [0.25, 0.3) is 0 Å². The maximum Gasteiger partial charge on any atom is 0.233 e. The Morgan fingerprint density at radius 2 is 1.82 bits per heavy atom. The van der Waals surface area contributed by atoms with E-state index in [0.717, 1.165) is 18.7 Å². The number of hydrogen-bond acceptors (Lipinski definition) is 4. The third kappa shape index (κ3) is 5.31. The smallest absolute Gasteiger partial charge is 0.233 e. The molecule has 0 aliphatic rings. The molecule has 0 radical (unpaired) electrons. The Balaban J connectivity index is 2.16. The van der Waals surface area contributed by atoms with E-state index >= 15 is 0 Å². The van der Waals surface area contributed by atoms with Gasteiger partial charge in [0.15, 0.2) is 0 Å². The van der Waals surface area contributed by atoms with Crippen LogP contribution < -0.4 is 5.32 Å². The number of rotatable bonds is 9. The van der Waals surface area contributed by atoms with Gasteiger partial charge in [0, 0.05) is 6.42 Å². The molecule has 4 nitrogen and oxygen atoms in total. The highest BCUT2D eigenvalue weighted by Gasteiger charge is 2.11. The van der Waals surface area contributed by atoms with E-state index in [1.807, 2.05) is 14.0 Å². The van der Waals surface area contributed by atoms with Crippen molar-refractivity contribution in [2.75, 3.05) is 7.05 Å². The highest BCUT2D eigenvalue weighted by molar-refractivity contribution is 4.87. The molecule has 17 heavy (non-hydrogen) atoms. The van der Waals surface area contributed by atoms with Gasteiger partial charge in [-0.25, -0.2) is 0 Å². The van der Waals surface area contributed by atoms with Crippen molar-refractivity contribution in [1.29, 1.82) is 0 Å². The minimum atomic E-state index is 0.140. The molecule has 0 fully saturated rings. The van der Waals surface area contributed by atoms with Crippen molar-refractivity contribution in [2.45, 2.75) is 64.8 Å². The van der Waals surface area contributed by atoms with Gasteiger partial charge >= 0.3 is 0 Å². The van der Waals surface area contributed by atoms with Gasteiger partial charge in [0.2, 0.25) is 11.8 Å². The molecule has 4 heteroatoms. The van der Waals surface area contributed by atoms with Gasteiger partial charge in [-0.2, -0.15) is 0 Å². The lowest BCUT2D eigenvalue weighted by Gasteiger charge is -2.02. The first-order valence-electron chi connectivity index (χ1n) is 6.77. The maximum atomic E-state index is 5.58. The van der Waals surface area contributed by atoms with Crippen LogP contribution in [0.2, 0.25) is 0 Å². The summed E-state index contributed by atoms with van der Waals surface area (Å²) < 4.78 is 5.58. The van der Waals surface area contributed by atoms with Crippen molar-refractivity contribution in [3.63, 3.8) is 0 Å². The zero-order chi connectivity index (χ0) is 12.5. The molecule has 0 spiro atoms. The SMILES string of the molecule is CCCCCCCCc1nnc(C(C)NC)o1. The normalized spacial score (nSPS) is 12.9. The van der Waals surface area contributed by atoms with Gasteiger partial charge in [-0.3, -0.25) is 0 Å². The monoisotopic (exact) mass is 239 g/mol. The summed E-state index contributed by atoms with van der Waals surface area (Å²) in [6.45, 7) is 4.25. The van der Waals surface area contributed by atoms with E-state index in [9.17, 15) is 0 Å². The minimum Gasteiger partial charge on any atom is -0.424 e. The molecule has 1 unspecified atom stereocenters. The molecule has 98 valence electrons. The highest BCUT2D eigenvalue weighted by Crippen LogP contribution is 2.12. The lowest BCUT2D eigenvalue weighted by molar-refractivity contribution is 0.400. The standard InChI is InChI=1S/C13H25N3O/c1-4-5-6-7-8-9-10-12-15-16-13(17-12)11(2)14-3/h11,14H,4-10H2,1-3H3. The molecule has 1 rings (SSSR count). The van der Waals surface area contributed by atoms with E-state index in [-0.39, 0.29) is 6.04 Å². The van der Waals surface area contributed by atoms with E-state index in [1.54, 1.807) is 0 Å². The first-order chi connectivity index (χ1) is 8.27. The second-order valence-electron chi connectivity index (χ2n) is 4.56. The summed E-state index contributed by atoms with van der Waals surface area (Å²) >= 11 is 0. The van der Waals surface area contributed by atoms with Gasteiger partial charge in [-0.1, -0.05) is 39.0 Å². The number of aromatic nitrogens is 2. The molecule has 0 aliphatic heterocycles. The van der Waals surface area contributed by atoms with E-state index in [4.69, 9.17) is 4.42 Å². The van der Waals surface area contributed by atoms with E-state index in [2.05, 4.69) is 22.4 Å². The van der Waals surface area contributed by atoms with Gasteiger partial charge in [-0.15, -0.1) is 10.2 Å². The molecule has 0 aliphatic carbocycles. The van der Waals surface area contributed by atoms with Crippen molar-refractivity contribution in [2.24, 2.45) is 0 Å². The van der Waals surface area contributed by atoms with Crippen LogP contribution in [0.3, 0.4) is 0 Å². The zero-order valence-corrected chi connectivity index (χ0v) is 11.3. The van der Waals surface area contributed by atoms with E-state index in [1.165, 1.54) is 32.1 Å². The van der Waals surface area contributed by atoms with Gasteiger partial charge in [0.25, 0.3) is 0 Å². The van der Waals surface area contributed by atoms with Gasteiger partial charge < -0.3 is 9.73 Å². The molecule has 1 aromatic heterocycles. The molecule has 0 aromatic carbocycles. The van der Waals surface area contributed by atoms with Crippen LogP contribution in [0.1, 0.15) is 70.2 Å². The van der Waals surface area contributed by atoms with Crippen LogP contribution in [-0.4, -0.2) is 17.2 Å². The number of aryl methyl sites for hydroxylation is 1. The first-order valence-corrected chi connectivity index (χ1v) is 6.77. The van der Waals surface area contributed by atoms with Crippen LogP contribution in [0.5, 0.6) is 0 Å². The third-order valence-corrected chi connectivity index (χ3v) is 3.03. The summed E-state index contributed by atoms with van der Waals surface area (Å²) in [6, 6.07) is 0.140. The average Bonchev–Trinajstić information content (AvgIpc) is 2.81. The summed E-state index contributed by atoms with van der Waals surface area (Å²) in [4.78, 5) is 0. The Labute approximate surface area is 104 Å². The fourth-order valence-electron chi connectivity index (χ4n) is 1.72. The fourth-order valence-corrected chi connectivity index (χ4v) is 1.72. The molecule has 0 bridgehead atoms. The maximum absolute atomic E-state index is 5.58. The summed E-state index contributed by atoms with van der Waals surface area (Å²) in [5.41, 5.74) is 0. The minimum absolute atomic E-state index is 0.140. The van der Waals surface area contributed by atoms with Crippen molar-refractivity contribution in [1.82, 2.24) is 15.5 Å². The van der Waals surface area contributed by atoms with Crippen LogP contribution in [0.15, 0.2) is 4.42 Å². The molecule has 0 saturated carbocycles. The fraction of sp³-hybridized carbons (Fsp3) is 0.846. The Morgan fingerprint density at radius 1 is 1.12 bits per heavy atom. The van der Waals surface area contributed by atoms with Crippen LogP contribution in [-0.2, 0) is 6.42 Å². The van der Waals surface area contributed by atoms with Gasteiger partial charge in [0.1, 0.15) is 0 Å². The number of hydrogen-bond donors (Lipinski definition) is 1. The average molecular weight is 239 g/mol. The summed E-state index contributed by atoms with van der Waals surface area (Å²) in [5, 5.41) is 11.2. The van der Waals surface area contributed by atoms with Crippen LogP contribution in [0, 0.1) is 0 Å². The summed E-state index contributed by atoms with van der Waals surface area (Å²) in [6.07, 6.45) is 8.65. The van der Waals surface area contributed by atoms with Crippen LogP contribution >= 0.6 is 0 Å². The Hall–Kier alpha value is -0.900. The van der Waals surface area contributed by atoms with Crippen molar-refractivity contribution >= 4 is 0 Å². The van der Waals surface area contributed by atoms with E-state index in [0.29, 0.717) is 5.89 Å². The van der Waals surface area contributed by atoms with Crippen molar-refractivity contribution < 1.29 is 4.42 Å². The van der Waals surface area contributed by atoms with Gasteiger partial charge in [0.05, 0.1) is 6.04 Å². The quantitative estimate of drug-likeness (QED) is 0.672. The number of nitrogens with one attached hydrogen (secondary N) is 1. The number of unbranched alkanes of at least 4 members (excludes halogenated alkanes) is 5. The molecule has 1 N–H and O–H groups in total. The molecule has 1 aromatic rings. The van der Waals surface area contributed by atoms with Crippen LogP contribution in [0.4, 0.5) is 0 Å². The first kappa shape index (κ1) is 14.2. The molecule has 1 atom stereocenters. The second kappa shape index (κ2) is 8.23. The highest BCUT2D eigenvalue weighted by atomic mass is 16.4. The van der Waals surface area contributed by atoms with E-state index < -0.39 is 0 Å². The largest absolute Gasteiger partial charge is 0.424 e. The van der Waals surface area contributed by atoms with Gasteiger partial charge in [-0.05, 0) is 20.4 Å². The topological polar surface area (TPSA) is 51.0 Å². The lowest BCUT2D eigenvalue weighted by Crippen LogP contribution is -2.12. The molecular formula is C13H25N3O. The Bertz CT molecular complexity index is 299.